The van der Waals surface area contributed by atoms with Crippen LogP contribution in [0.4, 0.5) is 0 Å². The van der Waals surface area contributed by atoms with Crippen LogP contribution in [0, 0.1) is 0 Å². The van der Waals surface area contributed by atoms with Crippen LogP contribution in [-0.4, -0.2) is 15.2 Å². The Bertz CT molecular complexity index is 58.3. The van der Waals surface area contributed by atoms with Crippen molar-refractivity contribution in [1.82, 2.24) is 0 Å². The molecule has 60 valence electrons. The van der Waals surface area contributed by atoms with E-state index in [-0.39, 0.29) is 0 Å². The van der Waals surface area contributed by atoms with Crippen molar-refractivity contribution in [3.63, 3.8) is 0 Å². The molecule has 0 aliphatic rings. The van der Waals surface area contributed by atoms with Gasteiger partial charge >= 0.3 is 74.3 Å². The number of halogens is 1. The van der Waals surface area contributed by atoms with Gasteiger partial charge in [0, 0.05) is 0 Å². The second-order valence-electron chi connectivity index (χ2n) is 2.88. The maximum absolute atomic E-state index is 6.23. The fourth-order valence-corrected chi connectivity index (χ4v) is 6.78. The maximum atomic E-state index is 6.23. The zero-order chi connectivity index (χ0) is 7.82. The molecular weight excluding hydrogens is 201 g/mol. The van der Waals surface area contributed by atoms with Crippen LogP contribution in [0.2, 0.25) is 9.95 Å². The van der Waals surface area contributed by atoms with Gasteiger partial charge in [0.05, 0.1) is 0 Å². The molecule has 0 rings (SSSR count). The Morgan fingerprint density at radius 1 is 1.00 bits per heavy atom. The second-order valence-corrected chi connectivity index (χ2v) is 11.0. The summed E-state index contributed by atoms with van der Waals surface area (Å²) in [6.45, 7) is 4.48. The first-order valence-corrected chi connectivity index (χ1v) is 11.1. The molecule has 0 amide bonds. The molecule has 10 heavy (non-hydrogen) atoms. The molecule has 0 aromatic carbocycles. The van der Waals surface area contributed by atoms with Crippen molar-refractivity contribution < 1.29 is 0 Å². The Morgan fingerprint density at radius 2 is 1.40 bits per heavy atom. The first-order chi connectivity index (χ1) is 4.81. The molecular formula is C8H18ClGa. The van der Waals surface area contributed by atoms with Gasteiger partial charge in [-0.2, -0.15) is 0 Å². The molecule has 0 radical (unpaired) electrons. The summed E-state index contributed by atoms with van der Waals surface area (Å²) in [7, 11) is 6.23. The zero-order valence-corrected chi connectivity index (χ0v) is 10.4. The van der Waals surface area contributed by atoms with Crippen LogP contribution in [0.3, 0.4) is 0 Å². The average molecular weight is 219 g/mol. The van der Waals surface area contributed by atoms with E-state index in [4.69, 9.17) is 9.64 Å². The number of hydrogen-bond acceptors (Lipinski definition) is 0. The van der Waals surface area contributed by atoms with Gasteiger partial charge in [0.15, 0.2) is 0 Å². The summed E-state index contributed by atoms with van der Waals surface area (Å²) < 4.78 is 0. The molecule has 2 heteroatoms. The van der Waals surface area contributed by atoms with Crippen molar-refractivity contribution in [2.24, 2.45) is 0 Å². The van der Waals surface area contributed by atoms with Crippen molar-refractivity contribution >= 4 is 24.9 Å². The molecule has 0 bridgehead atoms. The molecule has 0 saturated heterocycles. The van der Waals surface area contributed by atoms with Gasteiger partial charge < -0.3 is 0 Å². The predicted octanol–water partition coefficient (Wildman–Crippen LogP) is 3.82. The number of rotatable bonds is 6. The third-order valence-electron chi connectivity index (χ3n) is 1.74. The van der Waals surface area contributed by atoms with E-state index in [0.717, 1.165) is 0 Å². The molecule has 0 unspecified atom stereocenters. The zero-order valence-electron chi connectivity index (χ0n) is 7.20. The van der Waals surface area contributed by atoms with E-state index < -0.39 is 15.2 Å². The van der Waals surface area contributed by atoms with Crippen LogP contribution >= 0.6 is 9.64 Å². The first-order valence-electron chi connectivity index (χ1n) is 4.45. The quantitative estimate of drug-likeness (QED) is 0.596. The van der Waals surface area contributed by atoms with Crippen molar-refractivity contribution in [3.05, 3.63) is 0 Å². The molecule has 0 fully saturated rings. The van der Waals surface area contributed by atoms with E-state index in [1.807, 2.05) is 0 Å². The fourth-order valence-electron chi connectivity index (χ4n) is 0.996. The SMILES string of the molecule is CCC[CH2][Ga]([Cl])[CH2]CCC. The first kappa shape index (κ1) is 10.9. The van der Waals surface area contributed by atoms with Gasteiger partial charge in [-0.1, -0.05) is 0 Å². The van der Waals surface area contributed by atoms with Crippen LogP contribution in [0.5, 0.6) is 0 Å². The van der Waals surface area contributed by atoms with Gasteiger partial charge in [0.25, 0.3) is 0 Å². The summed E-state index contributed by atoms with van der Waals surface area (Å²) in [5.74, 6) is 0. The minimum absolute atomic E-state index is 1.19. The van der Waals surface area contributed by atoms with Crippen LogP contribution in [0.1, 0.15) is 39.5 Å². The summed E-state index contributed by atoms with van der Waals surface area (Å²) in [6, 6.07) is 0. The fraction of sp³-hybridized carbons (Fsp3) is 1.00. The monoisotopic (exact) mass is 218 g/mol. The van der Waals surface area contributed by atoms with Crippen molar-refractivity contribution in [2.45, 2.75) is 49.5 Å². The van der Waals surface area contributed by atoms with E-state index >= 15 is 0 Å². The Kier molecular flexibility index (Phi) is 8.77. The van der Waals surface area contributed by atoms with Gasteiger partial charge in [-0.15, -0.1) is 0 Å². The molecule has 0 aromatic heterocycles. The van der Waals surface area contributed by atoms with Crippen LogP contribution in [-0.2, 0) is 0 Å². The Labute approximate surface area is 74.4 Å². The standard InChI is InChI=1S/2C4H9.ClH.Ga/c2*1-3-4-2;;/h2*1,3-4H2,2H3;1H;/q;;;+1/p-1. The molecule has 0 heterocycles. The third kappa shape index (κ3) is 7.04. The van der Waals surface area contributed by atoms with Gasteiger partial charge in [-0.05, 0) is 0 Å². The summed E-state index contributed by atoms with van der Waals surface area (Å²) in [4.78, 5) is 2.79. The Balaban J connectivity index is 3.00. The molecule has 0 aliphatic carbocycles. The van der Waals surface area contributed by atoms with Gasteiger partial charge in [-0.25, -0.2) is 0 Å². The molecule has 0 saturated carbocycles. The van der Waals surface area contributed by atoms with Gasteiger partial charge in [-0.3, -0.25) is 0 Å². The van der Waals surface area contributed by atoms with Crippen LogP contribution in [0.25, 0.3) is 0 Å². The summed E-state index contributed by atoms with van der Waals surface area (Å²) in [5.41, 5.74) is 0. The minimum atomic E-state index is -1.19. The Morgan fingerprint density at radius 3 is 1.70 bits per heavy atom. The second kappa shape index (κ2) is 8.03. The Hall–Kier alpha value is 0.926. The number of hydrogen-bond donors (Lipinski definition) is 0. The van der Waals surface area contributed by atoms with E-state index in [9.17, 15) is 0 Å². The normalized spacial score (nSPS) is 9.90. The van der Waals surface area contributed by atoms with Crippen molar-refractivity contribution in [2.75, 3.05) is 0 Å². The average Bonchev–Trinajstić information content (AvgIpc) is 1.97. The van der Waals surface area contributed by atoms with E-state index in [1.165, 1.54) is 35.6 Å². The van der Waals surface area contributed by atoms with E-state index in [0.29, 0.717) is 0 Å². The van der Waals surface area contributed by atoms with Gasteiger partial charge in [0.1, 0.15) is 0 Å². The summed E-state index contributed by atoms with van der Waals surface area (Å²) in [6.07, 6.45) is 5.39. The van der Waals surface area contributed by atoms with Crippen molar-refractivity contribution in [1.29, 1.82) is 0 Å². The molecule has 0 atom stereocenters. The predicted molar refractivity (Wildman–Crippen MR) is 51.0 cm³/mol. The molecule has 0 spiro atoms. The molecule has 0 aromatic rings. The van der Waals surface area contributed by atoms with Crippen LogP contribution in [0.15, 0.2) is 0 Å². The molecule has 0 N–H and O–H groups in total. The molecule has 0 aliphatic heterocycles. The van der Waals surface area contributed by atoms with E-state index in [1.54, 1.807) is 0 Å². The number of unbranched alkanes of at least 4 members (excludes halogenated alkanes) is 2. The molecule has 0 nitrogen and oxygen atoms in total. The van der Waals surface area contributed by atoms with E-state index in [2.05, 4.69) is 13.8 Å². The third-order valence-corrected chi connectivity index (χ3v) is 8.35. The summed E-state index contributed by atoms with van der Waals surface area (Å²) >= 11 is -1.19. The van der Waals surface area contributed by atoms with Crippen LogP contribution < -0.4 is 0 Å². The van der Waals surface area contributed by atoms with Crippen molar-refractivity contribution in [3.8, 4) is 0 Å². The van der Waals surface area contributed by atoms with Gasteiger partial charge in [0.2, 0.25) is 0 Å². The summed E-state index contributed by atoms with van der Waals surface area (Å²) in [5, 5.41) is 0. The topological polar surface area (TPSA) is 0 Å².